The van der Waals surface area contributed by atoms with Gasteiger partial charge in [-0.25, -0.2) is 0 Å². The first-order chi connectivity index (χ1) is 15.1. The van der Waals surface area contributed by atoms with Crippen molar-refractivity contribution in [3.63, 3.8) is 0 Å². The Morgan fingerprint density at radius 2 is 1.87 bits per heavy atom. The molecule has 6 heteroatoms. The lowest BCUT2D eigenvalue weighted by molar-refractivity contribution is -0.127. The van der Waals surface area contributed by atoms with Crippen LogP contribution < -0.4 is 20.7 Å². The van der Waals surface area contributed by atoms with Gasteiger partial charge >= 0.3 is 0 Å². The monoisotopic (exact) mass is 417 g/mol. The molecule has 0 bridgehead atoms. The highest BCUT2D eigenvalue weighted by Crippen LogP contribution is 2.29. The maximum atomic E-state index is 13.2. The number of hydrogen-bond acceptors (Lipinski definition) is 4. The lowest BCUT2D eigenvalue weighted by atomic mass is 10.0. The molecule has 0 aromatic heterocycles. The van der Waals surface area contributed by atoms with Crippen LogP contribution in [0.5, 0.6) is 5.75 Å². The average Bonchev–Trinajstić information content (AvgIpc) is 3.34. The number of anilines is 1. The lowest BCUT2D eigenvalue weighted by Crippen LogP contribution is -2.50. The molecule has 0 spiro atoms. The minimum atomic E-state index is -0.685. The third-order valence-corrected chi connectivity index (χ3v) is 5.60. The molecule has 1 aliphatic rings. The van der Waals surface area contributed by atoms with Crippen molar-refractivity contribution in [3.8, 4) is 5.75 Å². The second-order valence-electron chi connectivity index (χ2n) is 7.79. The summed E-state index contributed by atoms with van der Waals surface area (Å²) in [7, 11) is 1.61. The van der Waals surface area contributed by atoms with Gasteiger partial charge in [-0.1, -0.05) is 54.6 Å². The zero-order valence-electron chi connectivity index (χ0n) is 17.6. The van der Waals surface area contributed by atoms with Gasteiger partial charge in [-0.3, -0.25) is 9.59 Å². The molecule has 3 aromatic rings. The van der Waals surface area contributed by atoms with Gasteiger partial charge in [0.1, 0.15) is 11.8 Å². The highest BCUT2D eigenvalue weighted by Gasteiger charge is 2.27. The number of methoxy groups -OCH3 is 1. The van der Waals surface area contributed by atoms with Crippen molar-refractivity contribution in [1.82, 2.24) is 10.6 Å². The van der Waals surface area contributed by atoms with Crippen molar-refractivity contribution in [1.29, 1.82) is 0 Å². The Kier molecular flexibility index (Phi) is 6.48. The van der Waals surface area contributed by atoms with E-state index in [-0.39, 0.29) is 17.9 Å². The van der Waals surface area contributed by atoms with Gasteiger partial charge in [0.2, 0.25) is 11.8 Å². The zero-order valence-corrected chi connectivity index (χ0v) is 17.6. The Hall–Kier alpha value is -3.38. The Morgan fingerprint density at radius 1 is 1.10 bits per heavy atom. The van der Waals surface area contributed by atoms with Crippen molar-refractivity contribution in [2.24, 2.45) is 0 Å². The molecule has 1 saturated heterocycles. The topological polar surface area (TPSA) is 79.5 Å². The highest BCUT2D eigenvalue weighted by atomic mass is 16.5. The first-order valence-corrected chi connectivity index (χ1v) is 10.6. The number of fused-ring (bicyclic) bond motifs is 1. The van der Waals surface area contributed by atoms with E-state index in [9.17, 15) is 9.59 Å². The fourth-order valence-corrected chi connectivity index (χ4v) is 3.99. The van der Waals surface area contributed by atoms with Crippen molar-refractivity contribution in [2.45, 2.75) is 31.3 Å². The van der Waals surface area contributed by atoms with Crippen LogP contribution in [0.3, 0.4) is 0 Å². The molecule has 31 heavy (non-hydrogen) atoms. The Bertz CT molecular complexity index is 1060. The molecule has 6 nitrogen and oxygen atoms in total. The zero-order chi connectivity index (χ0) is 21.6. The van der Waals surface area contributed by atoms with E-state index >= 15 is 0 Å². The van der Waals surface area contributed by atoms with Crippen molar-refractivity contribution in [3.05, 3.63) is 72.3 Å². The normalized spacial score (nSPS) is 16.6. The molecule has 160 valence electrons. The highest BCUT2D eigenvalue weighted by molar-refractivity contribution is 6.01. The van der Waals surface area contributed by atoms with E-state index in [1.54, 1.807) is 13.2 Å². The number of rotatable bonds is 7. The fourth-order valence-electron chi connectivity index (χ4n) is 3.99. The Morgan fingerprint density at radius 3 is 2.61 bits per heavy atom. The van der Waals surface area contributed by atoms with E-state index in [1.165, 1.54) is 0 Å². The molecule has 2 atom stereocenters. The van der Waals surface area contributed by atoms with Crippen LogP contribution in [0, 0.1) is 0 Å². The number of carbonyl (C=O) groups excluding carboxylic acids is 2. The van der Waals surface area contributed by atoms with Crippen molar-refractivity contribution >= 4 is 28.3 Å². The fraction of sp³-hybridized carbons (Fsp3) is 0.280. The number of nitrogens with one attached hydrogen (secondary N) is 3. The summed E-state index contributed by atoms with van der Waals surface area (Å²) in [5.74, 6) is 0.296. The van der Waals surface area contributed by atoms with Crippen LogP contribution in [0.2, 0.25) is 0 Å². The van der Waals surface area contributed by atoms with E-state index in [2.05, 4.69) is 16.0 Å². The number of ether oxygens (including phenoxy) is 1. The first kappa shape index (κ1) is 20.9. The Balaban J connectivity index is 1.56. The molecule has 1 heterocycles. The molecular weight excluding hydrogens is 390 g/mol. The summed E-state index contributed by atoms with van der Waals surface area (Å²) in [5, 5.41) is 11.1. The quantitative estimate of drug-likeness (QED) is 0.551. The molecule has 2 unspecified atom stereocenters. The number of hydrogen-bond donors (Lipinski definition) is 3. The van der Waals surface area contributed by atoms with Gasteiger partial charge in [-0.2, -0.15) is 0 Å². The molecule has 3 aromatic carbocycles. The molecule has 0 aliphatic carbocycles. The molecule has 1 fully saturated rings. The molecular formula is C25H27N3O3. The molecule has 0 radical (unpaired) electrons. The van der Waals surface area contributed by atoms with Gasteiger partial charge < -0.3 is 20.7 Å². The number of carbonyl (C=O) groups is 2. The smallest absolute Gasteiger partial charge is 0.247 e. The predicted molar refractivity (Wildman–Crippen MR) is 122 cm³/mol. The van der Waals surface area contributed by atoms with Crippen LogP contribution in [0.15, 0.2) is 66.7 Å². The standard InChI is InChI=1S/C25H27N3O3/c1-31-23-16-19(15-18-10-5-6-11-20(18)23)27-25(30)22(14-17-8-3-2-4-9-17)28-24(29)21-12-7-13-26-21/h2-6,8-11,15-16,21-22,26H,7,12-14H2,1H3,(H,27,30)(H,28,29). The van der Waals surface area contributed by atoms with E-state index in [0.29, 0.717) is 17.9 Å². The first-order valence-electron chi connectivity index (χ1n) is 10.6. The minimum Gasteiger partial charge on any atom is -0.496 e. The molecule has 4 rings (SSSR count). The number of benzene rings is 3. The summed E-state index contributed by atoms with van der Waals surface area (Å²) in [6.45, 7) is 0.824. The molecule has 1 aliphatic heterocycles. The van der Waals surface area contributed by atoms with E-state index < -0.39 is 6.04 Å². The van der Waals surface area contributed by atoms with E-state index in [1.807, 2.05) is 60.7 Å². The summed E-state index contributed by atoms with van der Waals surface area (Å²) in [4.78, 5) is 25.9. The number of amides is 2. The van der Waals surface area contributed by atoms with Gasteiger partial charge in [0.05, 0.1) is 13.2 Å². The summed E-state index contributed by atoms with van der Waals surface area (Å²) in [6, 6.07) is 20.3. The Labute approximate surface area is 182 Å². The second kappa shape index (κ2) is 9.62. The van der Waals surface area contributed by atoms with Gasteiger partial charge in [-0.05, 0) is 36.4 Å². The van der Waals surface area contributed by atoms with Crippen molar-refractivity contribution in [2.75, 3.05) is 19.0 Å². The van der Waals surface area contributed by atoms with Gasteiger partial charge in [0, 0.05) is 23.6 Å². The van der Waals surface area contributed by atoms with Gasteiger partial charge in [0.15, 0.2) is 0 Å². The van der Waals surface area contributed by atoms with Crippen LogP contribution in [-0.2, 0) is 16.0 Å². The molecule has 2 amide bonds. The average molecular weight is 418 g/mol. The summed E-state index contributed by atoms with van der Waals surface area (Å²) >= 11 is 0. The maximum absolute atomic E-state index is 13.2. The lowest BCUT2D eigenvalue weighted by Gasteiger charge is -2.21. The summed E-state index contributed by atoms with van der Waals surface area (Å²) in [6.07, 6.45) is 2.16. The predicted octanol–water partition coefficient (Wildman–Crippen LogP) is 3.27. The van der Waals surface area contributed by atoms with E-state index in [4.69, 9.17) is 4.74 Å². The molecule has 0 saturated carbocycles. The summed E-state index contributed by atoms with van der Waals surface area (Å²) < 4.78 is 5.51. The van der Waals surface area contributed by atoms with Crippen LogP contribution in [-0.4, -0.2) is 37.6 Å². The van der Waals surface area contributed by atoms with Crippen LogP contribution in [0.4, 0.5) is 5.69 Å². The third kappa shape index (κ3) is 5.03. The molecule has 3 N–H and O–H groups in total. The maximum Gasteiger partial charge on any atom is 0.247 e. The second-order valence-corrected chi connectivity index (χ2v) is 7.79. The van der Waals surface area contributed by atoms with Crippen LogP contribution in [0.1, 0.15) is 18.4 Å². The van der Waals surface area contributed by atoms with Gasteiger partial charge in [0.25, 0.3) is 0 Å². The van der Waals surface area contributed by atoms with Crippen LogP contribution in [0.25, 0.3) is 10.8 Å². The summed E-state index contributed by atoms with van der Waals surface area (Å²) in [5.41, 5.74) is 1.62. The SMILES string of the molecule is COc1cc(NC(=O)C(Cc2ccccc2)NC(=O)C2CCCN2)cc2ccccc12. The van der Waals surface area contributed by atoms with Crippen molar-refractivity contribution < 1.29 is 14.3 Å². The minimum absolute atomic E-state index is 0.135. The van der Waals surface area contributed by atoms with Gasteiger partial charge in [-0.15, -0.1) is 0 Å². The van der Waals surface area contributed by atoms with E-state index in [0.717, 1.165) is 35.7 Å². The van der Waals surface area contributed by atoms with Crippen LogP contribution >= 0.6 is 0 Å². The largest absolute Gasteiger partial charge is 0.496 e. The third-order valence-electron chi connectivity index (χ3n) is 5.60.